The number of rotatable bonds is 5. The number of carbonyl (C=O) groups is 1. The van der Waals surface area contributed by atoms with E-state index in [1.807, 2.05) is 25.2 Å². The topological polar surface area (TPSA) is 85.2 Å². The number of anilines is 2. The first-order valence-corrected chi connectivity index (χ1v) is 10.8. The number of nitrogens with one attached hydrogen (secondary N) is 2. The second kappa shape index (κ2) is 9.92. The lowest BCUT2D eigenvalue weighted by Gasteiger charge is -2.21. The lowest BCUT2D eigenvalue weighted by Crippen LogP contribution is -2.30. The molecule has 0 aromatic carbocycles. The molecule has 3 rings (SSSR count). The summed E-state index contributed by atoms with van der Waals surface area (Å²) in [4.78, 5) is 29.1. The molecule has 0 saturated heterocycles. The van der Waals surface area contributed by atoms with Crippen LogP contribution in [0.4, 0.5) is 16.4 Å². The van der Waals surface area contributed by atoms with Gasteiger partial charge < -0.3 is 14.6 Å². The van der Waals surface area contributed by atoms with E-state index < -0.39 is 17.3 Å². The van der Waals surface area contributed by atoms with E-state index in [9.17, 15) is 9.59 Å². The summed E-state index contributed by atoms with van der Waals surface area (Å²) in [5, 5.41) is 6.26. The molecule has 0 spiro atoms. The Bertz CT molecular complexity index is 1150. The van der Waals surface area contributed by atoms with Gasteiger partial charge in [-0.2, -0.15) is 4.98 Å². The van der Waals surface area contributed by atoms with Gasteiger partial charge in [-0.15, -0.1) is 0 Å². The summed E-state index contributed by atoms with van der Waals surface area (Å²) in [6, 6.07) is 0. The lowest BCUT2D eigenvalue weighted by atomic mass is 10.1. The number of hydrogen-bond donors (Lipinski definition) is 2. The van der Waals surface area contributed by atoms with Crippen molar-refractivity contribution >= 4 is 29.3 Å². The van der Waals surface area contributed by atoms with Gasteiger partial charge in [-0.25, -0.2) is 4.79 Å². The van der Waals surface area contributed by atoms with Crippen LogP contribution in [0.2, 0.25) is 0 Å². The van der Waals surface area contributed by atoms with Crippen molar-refractivity contribution in [2.75, 3.05) is 10.6 Å². The molecule has 8 heteroatoms. The number of hydrogen-bond acceptors (Lipinski definition) is 5. The number of amides is 1. The van der Waals surface area contributed by atoms with Crippen molar-refractivity contribution in [2.24, 2.45) is 0 Å². The van der Waals surface area contributed by atoms with Crippen LogP contribution in [0.25, 0.3) is 0 Å². The van der Waals surface area contributed by atoms with Crippen LogP contribution < -0.4 is 16.2 Å². The summed E-state index contributed by atoms with van der Waals surface area (Å²) in [6.07, 6.45) is 11.2. The molecule has 7 nitrogen and oxygen atoms in total. The fraction of sp³-hybridized carbons (Fsp3) is 0.375. The van der Waals surface area contributed by atoms with Crippen molar-refractivity contribution in [1.82, 2.24) is 9.55 Å². The molecule has 0 bridgehead atoms. The Balaban J connectivity index is 1.98. The molecule has 168 valence electrons. The van der Waals surface area contributed by atoms with Gasteiger partial charge in [0.2, 0.25) is 5.95 Å². The average Bonchev–Trinajstić information content (AvgIpc) is 2.86. The summed E-state index contributed by atoms with van der Waals surface area (Å²) in [6.45, 7) is 7.61. The minimum atomic E-state index is -0.714. The van der Waals surface area contributed by atoms with Gasteiger partial charge in [0, 0.05) is 24.2 Å². The van der Waals surface area contributed by atoms with Gasteiger partial charge >= 0.3 is 6.09 Å². The average molecular weight is 455 g/mol. The monoisotopic (exact) mass is 454 g/mol. The molecule has 1 aromatic rings. The van der Waals surface area contributed by atoms with Crippen LogP contribution in [0, 0.1) is 11.8 Å². The molecular formula is C24H27ClN4O3. The molecule has 1 heterocycles. The van der Waals surface area contributed by atoms with E-state index in [-0.39, 0.29) is 5.69 Å². The standard InChI is InChI=1S/C24H27ClN4O3/c1-16-18(25)12-8-9-13-19(16)26-22-28-21(30)20(27-23(31)32-24(2,3)4)15-29(22)14-17-10-6-5-7-11-17/h5-6,10,12,15H,7-8,11,14H2,1-4H3,(H,27,31)(H,26,28,30). The van der Waals surface area contributed by atoms with Gasteiger partial charge in [0.25, 0.3) is 5.56 Å². The normalized spacial score (nSPS) is 15.8. The number of nitrogens with zero attached hydrogens (tertiary/aromatic N) is 2. The van der Waals surface area contributed by atoms with Crippen LogP contribution in [-0.2, 0) is 11.3 Å². The van der Waals surface area contributed by atoms with Crippen molar-refractivity contribution in [2.45, 2.75) is 59.1 Å². The van der Waals surface area contributed by atoms with E-state index in [4.69, 9.17) is 16.3 Å². The van der Waals surface area contributed by atoms with Crippen molar-refractivity contribution in [3.05, 3.63) is 62.7 Å². The van der Waals surface area contributed by atoms with E-state index in [1.165, 1.54) is 5.57 Å². The highest BCUT2D eigenvalue weighted by Crippen LogP contribution is 2.23. The summed E-state index contributed by atoms with van der Waals surface area (Å²) >= 11 is 6.31. The van der Waals surface area contributed by atoms with Gasteiger partial charge in [0.05, 0.1) is 5.70 Å². The summed E-state index contributed by atoms with van der Waals surface area (Å²) in [7, 11) is 0. The Hall–Kier alpha value is -3.24. The molecule has 32 heavy (non-hydrogen) atoms. The van der Waals surface area contributed by atoms with Gasteiger partial charge in [0.15, 0.2) is 0 Å². The second-order valence-electron chi connectivity index (χ2n) is 8.51. The van der Waals surface area contributed by atoms with Crippen molar-refractivity contribution in [3.63, 3.8) is 0 Å². The van der Waals surface area contributed by atoms with Crippen molar-refractivity contribution in [3.8, 4) is 11.8 Å². The highest BCUT2D eigenvalue weighted by molar-refractivity contribution is 6.32. The summed E-state index contributed by atoms with van der Waals surface area (Å²) < 4.78 is 7.05. The molecule has 0 aliphatic heterocycles. The Morgan fingerprint density at radius 2 is 2.16 bits per heavy atom. The maximum atomic E-state index is 12.7. The molecule has 2 aliphatic carbocycles. The van der Waals surface area contributed by atoms with E-state index in [0.717, 1.165) is 18.4 Å². The third-order valence-electron chi connectivity index (χ3n) is 4.67. The third-order valence-corrected chi connectivity index (χ3v) is 5.11. The fourth-order valence-corrected chi connectivity index (χ4v) is 3.27. The molecule has 0 radical (unpaired) electrons. The number of halogens is 1. The van der Waals surface area contributed by atoms with Crippen LogP contribution >= 0.6 is 11.6 Å². The maximum absolute atomic E-state index is 12.7. The van der Waals surface area contributed by atoms with E-state index in [0.29, 0.717) is 29.6 Å². The zero-order valence-corrected chi connectivity index (χ0v) is 19.5. The van der Waals surface area contributed by atoms with Crippen LogP contribution in [0.1, 0.15) is 47.0 Å². The highest BCUT2D eigenvalue weighted by atomic mass is 35.5. The number of aromatic nitrogens is 2. The molecular weight excluding hydrogens is 428 g/mol. The molecule has 1 amide bonds. The minimum Gasteiger partial charge on any atom is -0.444 e. The number of allylic oxidation sites excluding steroid dienone is 8. The molecule has 1 aromatic heterocycles. The van der Waals surface area contributed by atoms with Crippen molar-refractivity contribution < 1.29 is 9.53 Å². The van der Waals surface area contributed by atoms with Crippen molar-refractivity contribution in [1.29, 1.82) is 0 Å². The smallest absolute Gasteiger partial charge is 0.412 e. The Morgan fingerprint density at radius 3 is 2.84 bits per heavy atom. The molecule has 2 N–H and O–H groups in total. The highest BCUT2D eigenvalue weighted by Gasteiger charge is 2.19. The second-order valence-corrected chi connectivity index (χ2v) is 8.92. The Kier molecular flexibility index (Phi) is 7.26. The number of ether oxygens (including phenoxy) is 1. The first kappa shape index (κ1) is 23.4. The molecule has 2 aliphatic rings. The fourth-order valence-electron chi connectivity index (χ4n) is 3.10. The third kappa shape index (κ3) is 6.38. The maximum Gasteiger partial charge on any atom is 0.412 e. The predicted molar refractivity (Wildman–Crippen MR) is 127 cm³/mol. The molecule has 0 unspecified atom stereocenters. The molecule has 0 saturated carbocycles. The summed E-state index contributed by atoms with van der Waals surface area (Å²) in [5.74, 6) is 6.37. The van der Waals surface area contributed by atoms with Crippen LogP contribution in [-0.4, -0.2) is 21.2 Å². The lowest BCUT2D eigenvalue weighted by molar-refractivity contribution is 0.0635. The minimum absolute atomic E-state index is 0.0346. The molecule has 0 fully saturated rings. The zero-order chi connectivity index (χ0) is 23.3. The predicted octanol–water partition coefficient (Wildman–Crippen LogP) is 5.08. The quantitative estimate of drug-likeness (QED) is 0.606. The molecule has 0 atom stereocenters. The van der Waals surface area contributed by atoms with Gasteiger partial charge in [0.1, 0.15) is 11.3 Å². The first-order chi connectivity index (χ1) is 15.1. The Labute approximate surface area is 192 Å². The Morgan fingerprint density at radius 1 is 1.38 bits per heavy atom. The van der Waals surface area contributed by atoms with E-state index >= 15 is 0 Å². The SMILES string of the molecule is CC1=C(Nc2nc(=O)c(NC(=O)OC(C)(C)C)cn2CC2=CC=CCC2)C#CCC=C1Cl. The largest absolute Gasteiger partial charge is 0.444 e. The van der Waals surface area contributed by atoms with Gasteiger partial charge in [-0.1, -0.05) is 47.4 Å². The van der Waals surface area contributed by atoms with Crippen LogP contribution in [0.15, 0.2) is 57.2 Å². The van der Waals surface area contributed by atoms with E-state index in [2.05, 4.69) is 33.5 Å². The number of carbonyl (C=O) groups excluding carboxylic acids is 1. The van der Waals surface area contributed by atoms with Crippen LogP contribution in [0.3, 0.4) is 0 Å². The van der Waals surface area contributed by atoms with Gasteiger partial charge in [-0.3, -0.25) is 10.1 Å². The zero-order valence-electron chi connectivity index (χ0n) is 18.7. The first-order valence-electron chi connectivity index (χ1n) is 10.4. The van der Waals surface area contributed by atoms with Gasteiger partial charge in [-0.05, 0) is 52.0 Å². The van der Waals surface area contributed by atoms with Crippen LogP contribution in [0.5, 0.6) is 0 Å². The summed E-state index contributed by atoms with van der Waals surface area (Å²) in [5.41, 5.74) is 1.27. The van der Waals surface area contributed by atoms with E-state index in [1.54, 1.807) is 31.5 Å².